The maximum absolute atomic E-state index is 9.87. The van der Waals surface area contributed by atoms with Gasteiger partial charge in [-0.25, -0.2) is 0 Å². The van der Waals surface area contributed by atoms with Crippen LogP contribution in [0.2, 0.25) is 0 Å². The standard InChI is InChI=1S/C15H11O2S3.2Al.3H/c1-9(17)11-4-5-14(19-11)15-7-6-13(20-15)12-3-2-10(8-16)18-12;;;;;/h1-9,16-17H;;;;;. The van der Waals surface area contributed by atoms with Crippen LogP contribution in [0.15, 0.2) is 36.4 Å². The molecular weight excluding hydrogens is 362 g/mol. The molecule has 2 N–H and O–H groups in total. The molecule has 0 fully saturated rings. The summed E-state index contributed by atoms with van der Waals surface area (Å²) in [5, 5.41) is 19.6. The molecule has 3 aromatic heterocycles. The van der Waals surface area contributed by atoms with Gasteiger partial charge in [0.25, 0.3) is 16.3 Å². The average molecular weight is 376 g/mol. The van der Waals surface area contributed by atoms with Gasteiger partial charge in [-0.1, -0.05) is 0 Å². The van der Waals surface area contributed by atoms with Gasteiger partial charge in [-0.05, 0) is 0 Å². The first-order chi connectivity index (χ1) is 10.6. The van der Waals surface area contributed by atoms with Gasteiger partial charge in [0.2, 0.25) is 0 Å². The molecule has 7 heteroatoms. The van der Waals surface area contributed by atoms with Crippen LogP contribution in [-0.2, 0) is 0 Å². The number of hydrogen-bond donors (Lipinski definition) is 2. The van der Waals surface area contributed by atoms with Crippen molar-refractivity contribution in [3.05, 3.63) is 46.2 Å². The van der Waals surface area contributed by atoms with Gasteiger partial charge in [0.15, 0.2) is 0 Å². The van der Waals surface area contributed by atoms with Crippen LogP contribution >= 0.6 is 34.0 Å². The number of aliphatic hydroxyl groups excluding tert-OH is 2. The first-order valence-electron chi connectivity index (χ1n) is 6.87. The average Bonchev–Trinajstić information content (AvgIpc) is 3.22. The number of hydrogen-bond acceptors (Lipinski definition) is 5. The molecule has 2 unspecified atom stereocenters. The summed E-state index contributed by atoms with van der Waals surface area (Å²) in [4.78, 5) is 8.44. The van der Waals surface area contributed by atoms with Crippen LogP contribution in [0.5, 0.6) is 0 Å². The van der Waals surface area contributed by atoms with Gasteiger partial charge in [0.1, 0.15) is 0 Å². The van der Waals surface area contributed by atoms with Crippen molar-refractivity contribution in [2.45, 2.75) is 11.1 Å². The first kappa shape index (κ1) is 16.8. The van der Waals surface area contributed by atoms with Crippen molar-refractivity contribution >= 4 is 71.0 Å². The number of aliphatic hydroxyl groups is 2. The van der Waals surface area contributed by atoms with Crippen LogP contribution in [-0.4, -0.2) is 47.2 Å². The normalized spacial score (nSPS) is 13.9. The van der Waals surface area contributed by atoms with Gasteiger partial charge in [-0.2, -0.15) is 0 Å². The van der Waals surface area contributed by atoms with Crippen LogP contribution in [0.3, 0.4) is 0 Å². The third kappa shape index (κ3) is 3.55. The van der Waals surface area contributed by atoms with E-state index in [9.17, 15) is 10.2 Å². The molecule has 0 aliphatic heterocycles. The molecule has 0 saturated heterocycles. The van der Waals surface area contributed by atoms with Crippen molar-refractivity contribution in [1.29, 1.82) is 0 Å². The van der Waals surface area contributed by atoms with Gasteiger partial charge in [0.05, 0.1) is 0 Å². The molecule has 0 aromatic carbocycles. The molecule has 3 rings (SSSR count). The Morgan fingerprint density at radius 2 is 1.27 bits per heavy atom. The van der Waals surface area contributed by atoms with Crippen molar-refractivity contribution in [3.8, 4) is 19.5 Å². The Kier molecular flexibility index (Phi) is 5.53. The zero-order valence-electron chi connectivity index (χ0n) is 12.0. The predicted octanol–water partition coefficient (Wildman–Crippen LogP) is 2.57. The SMILES string of the molecule is O[CH]([AlH2])c1ccc(-c2ccc(-c3ccc(C(O)[CH]=[AlH])s3)s2)s1. The fourth-order valence-corrected chi connectivity index (χ4v) is 6.17. The molecule has 0 aliphatic carbocycles. The second-order valence-corrected chi connectivity index (χ2v) is 9.80. The molecule has 3 aromatic rings. The second-order valence-electron chi connectivity index (χ2n) is 4.92. The summed E-state index contributed by atoms with van der Waals surface area (Å²) in [5.41, 5.74) is 0. The van der Waals surface area contributed by atoms with E-state index in [0.29, 0.717) is 0 Å². The molecule has 0 radical (unpaired) electrons. The van der Waals surface area contributed by atoms with Crippen molar-refractivity contribution < 1.29 is 10.2 Å². The molecule has 0 spiro atoms. The molecule has 22 heavy (non-hydrogen) atoms. The van der Waals surface area contributed by atoms with E-state index < -0.39 is 6.10 Å². The number of rotatable bonds is 5. The van der Waals surface area contributed by atoms with E-state index >= 15 is 0 Å². The van der Waals surface area contributed by atoms with Crippen LogP contribution < -0.4 is 0 Å². The summed E-state index contributed by atoms with van der Waals surface area (Å²) >= 11 is 7.50. The summed E-state index contributed by atoms with van der Waals surface area (Å²) in [6.45, 7) is 0. The monoisotopic (exact) mass is 376 g/mol. The number of thiophene rings is 3. The van der Waals surface area contributed by atoms with Crippen LogP contribution in [0, 0.1) is 0 Å². The van der Waals surface area contributed by atoms with Crippen LogP contribution in [0.25, 0.3) is 19.5 Å². The Morgan fingerprint density at radius 1 is 0.818 bits per heavy atom. The van der Waals surface area contributed by atoms with Crippen LogP contribution in [0.4, 0.5) is 0 Å². The van der Waals surface area contributed by atoms with Crippen molar-refractivity contribution in [2.75, 3.05) is 0 Å². The second kappa shape index (κ2) is 7.24. The summed E-state index contributed by atoms with van der Waals surface area (Å²) < 4.78 is 0. The van der Waals surface area contributed by atoms with E-state index in [2.05, 4.69) is 24.3 Å². The molecule has 2 nitrogen and oxygen atoms in total. The van der Waals surface area contributed by atoms with E-state index in [1.165, 1.54) is 19.5 Å². The Balaban J connectivity index is 1.86. The van der Waals surface area contributed by atoms with E-state index in [-0.39, 0.29) is 4.97 Å². The van der Waals surface area contributed by atoms with Gasteiger partial charge in [-0.3, -0.25) is 0 Å². The molecule has 2 atom stereocenters. The first-order valence-corrected chi connectivity index (χ1v) is 11.3. The van der Waals surface area contributed by atoms with Crippen molar-refractivity contribution in [1.82, 2.24) is 0 Å². The van der Waals surface area contributed by atoms with Gasteiger partial charge in [-0.15, -0.1) is 0 Å². The van der Waals surface area contributed by atoms with Crippen molar-refractivity contribution in [2.24, 2.45) is 0 Å². The summed E-state index contributed by atoms with van der Waals surface area (Å²) in [6, 6.07) is 12.5. The predicted molar refractivity (Wildman–Crippen MR) is 103 cm³/mol. The minimum absolute atomic E-state index is 0.273. The summed E-state index contributed by atoms with van der Waals surface area (Å²) in [6.07, 6.45) is -0.466. The van der Waals surface area contributed by atoms with E-state index in [1.54, 1.807) is 49.9 Å². The zero-order chi connectivity index (χ0) is 15.7. The molecule has 0 saturated carbocycles. The topological polar surface area (TPSA) is 40.5 Å². The van der Waals surface area contributed by atoms with Gasteiger partial charge < -0.3 is 5.11 Å². The van der Waals surface area contributed by atoms with Gasteiger partial charge in [0, 0.05) is 0 Å². The van der Waals surface area contributed by atoms with Crippen molar-refractivity contribution in [3.63, 3.8) is 0 Å². The van der Waals surface area contributed by atoms with E-state index in [0.717, 1.165) is 26.0 Å². The Hall–Kier alpha value is -0.0451. The van der Waals surface area contributed by atoms with Crippen LogP contribution in [0.1, 0.15) is 20.8 Å². The quantitative estimate of drug-likeness (QED) is 0.672. The molecule has 0 bridgehead atoms. The van der Waals surface area contributed by atoms with Gasteiger partial charge >= 0.3 is 137 Å². The minimum atomic E-state index is -0.466. The molecule has 0 amide bonds. The molecule has 0 aliphatic rings. The molecule has 110 valence electrons. The Morgan fingerprint density at radius 3 is 1.77 bits per heavy atom. The summed E-state index contributed by atoms with van der Waals surface area (Å²) in [5.74, 6) is 0. The Bertz CT molecular complexity index is 788. The van der Waals surface area contributed by atoms with E-state index in [4.69, 9.17) is 0 Å². The van der Waals surface area contributed by atoms with E-state index in [1.807, 2.05) is 17.0 Å². The third-order valence-electron chi connectivity index (χ3n) is 3.27. The summed E-state index contributed by atoms with van der Waals surface area (Å²) in [7, 11) is 0. The Labute approximate surface area is 157 Å². The fourth-order valence-electron chi connectivity index (χ4n) is 2.07. The molecular formula is C15H14Al2O2S3. The maximum atomic E-state index is 9.87. The zero-order valence-corrected chi connectivity index (χ0v) is 17.9. The molecule has 3 heterocycles. The fraction of sp³-hybridized carbons (Fsp3) is 0.133. The third-order valence-corrected chi connectivity index (χ3v) is 8.65.